The second kappa shape index (κ2) is 9.55. The van der Waals surface area contributed by atoms with Crippen molar-refractivity contribution in [3.05, 3.63) is 16.9 Å². The Morgan fingerprint density at radius 2 is 2.00 bits per heavy atom. The maximum atomic E-state index is 12.7. The predicted octanol–water partition coefficient (Wildman–Crippen LogP) is 0.602. The van der Waals surface area contributed by atoms with Crippen molar-refractivity contribution in [1.82, 2.24) is 9.80 Å². The summed E-state index contributed by atoms with van der Waals surface area (Å²) < 4.78 is 10.3. The summed E-state index contributed by atoms with van der Waals surface area (Å²) in [6.07, 6.45) is 0.878. The Bertz CT molecular complexity index is 801. The first-order chi connectivity index (χ1) is 13.6. The van der Waals surface area contributed by atoms with Gasteiger partial charge in [-0.25, -0.2) is 4.79 Å². The molecular weight excluding hydrogens is 380 g/mol. The van der Waals surface area contributed by atoms with Crippen LogP contribution >= 0.6 is 0 Å². The summed E-state index contributed by atoms with van der Waals surface area (Å²) >= 11 is 0. The van der Waals surface area contributed by atoms with Crippen molar-refractivity contribution in [2.45, 2.75) is 26.7 Å². The number of aryl methyl sites for hydroxylation is 1. The Morgan fingerprint density at radius 3 is 2.59 bits per heavy atom. The van der Waals surface area contributed by atoms with Gasteiger partial charge in [-0.05, 0) is 40.9 Å². The van der Waals surface area contributed by atoms with Crippen LogP contribution in [-0.4, -0.2) is 73.8 Å². The third-order valence-corrected chi connectivity index (χ3v) is 4.67. The number of furan rings is 1. The van der Waals surface area contributed by atoms with Crippen LogP contribution in [0.25, 0.3) is 0 Å². The smallest absolute Gasteiger partial charge is 0.342 e. The number of hydrogen-bond donors (Lipinski definition) is 2. The number of nitrogens with two attached hydrogens (primary N) is 1. The van der Waals surface area contributed by atoms with E-state index < -0.39 is 23.7 Å². The van der Waals surface area contributed by atoms with E-state index in [0.29, 0.717) is 6.54 Å². The van der Waals surface area contributed by atoms with Crippen LogP contribution in [0, 0.1) is 12.8 Å². The van der Waals surface area contributed by atoms with Gasteiger partial charge in [0.15, 0.2) is 0 Å². The van der Waals surface area contributed by atoms with Gasteiger partial charge in [0.2, 0.25) is 17.7 Å². The molecule has 1 saturated heterocycles. The lowest BCUT2D eigenvalue weighted by Gasteiger charge is -2.18. The minimum Gasteiger partial charge on any atom is -0.462 e. The molecule has 10 heteroatoms. The van der Waals surface area contributed by atoms with Crippen LogP contribution in [0.15, 0.2) is 4.42 Å². The Balaban J connectivity index is 2.11. The van der Waals surface area contributed by atoms with E-state index in [-0.39, 0.29) is 48.3 Å². The molecule has 1 unspecified atom stereocenters. The Morgan fingerprint density at radius 1 is 1.31 bits per heavy atom. The minimum absolute atomic E-state index is 0.0735. The zero-order valence-corrected chi connectivity index (χ0v) is 17.2. The SMILES string of the molecule is CCOC(=O)c1c(C)oc(NC(=O)C2CC(=O)N(CCCN(C)C)C2)c1C(N)=O. The first-order valence-corrected chi connectivity index (χ1v) is 9.49. The summed E-state index contributed by atoms with van der Waals surface area (Å²) in [6, 6.07) is 0. The van der Waals surface area contributed by atoms with E-state index in [0.717, 1.165) is 13.0 Å². The molecule has 1 aromatic rings. The second-order valence-corrected chi connectivity index (χ2v) is 7.21. The number of anilines is 1. The van der Waals surface area contributed by atoms with E-state index in [2.05, 4.69) is 5.32 Å². The van der Waals surface area contributed by atoms with Crippen LogP contribution in [0.3, 0.4) is 0 Å². The lowest BCUT2D eigenvalue weighted by atomic mass is 10.1. The van der Waals surface area contributed by atoms with Gasteiger partial charge in [0, 0.05) is 19.5 Å². The maximum Gasteiger partial charge on any atom is 0.342 e. The molecule has 1 aliphatic heterocycles. The van der Waals surface area contributed by atoms with E-state index in [9.17, 15) is 19.2 Å². The normalized spacial score (nSPS) is 16.4. The van der Waals surface area contributed by atoms with E-state index in [1.807, 2.05) is 19.0 Å². The molecule has 0 spiro atoms. The standard InChI is InChI=1S/C19H28N4O6/c1-5-28-19(27)14-11(2)29-18(15(14)16(20)25)21-17(26)12-9-13(24)23(10-12)8-6-7-22(3)4/h12H,5-10H2,1-4H3,(H2,20,25)(H,21,26). The third kappa shape index (κ3) is 5.35. The highest BCUT2D eigenvalue weighted by Gasteiger charge is 2.36. The highest BCUT2D eigenvalue weighted by atomic mass is 16.5. The molecule has 0 aliphatic carbocycles. The fourth-order valence-electron chi connectivity index (χ4n) is 3.27. The van der Waals surface area contributed by atoms with Gasteiger partial charge in [0.25, 0.3) is 5.91 Å². The molecule has 0 saturated carbocycles. The summed E-state index contributed by atoms with van der Waals surface area (Å²) in [7, 11) is 3.91. The van der Waals surface area contributed by atoms with Gasteiger partial charge >= 0.3 is 5.97 Å². The average Bonchev–Trinajstić information content (AvgIpc) is 3.15. The fourth-order valence-corrected chi connectivity index (χ4v) is 3.27. The molecule has 3 N–H and O–H groups in total. The predicted molar refractivity (Wildman–Crippen MR) is 104 cm³/mol. The van der Waals surface area contributed by atoms with Gasteiger partial charge in [-0.3, -0.25) is 19.7 Å². The van der Waals surface area contributed by atoms with Gasteiger partial charge in [-0.15, -0.1) is 0 Å². The number of likely N-dealkylation sites (tertiary alicyclic amines) is 1. The quantitative estimate of drug-likeness (QED) is 0.571. The van der Waals surface area contributed by atoms with Gasteiger partial charge in [-0.2, -0.15) is 0 Å². The van der Waals surface area contributed by atoms with Crippen LogP contribution in [-0.2, 0) is 14.3 Å². The molecule has 0 radical (unpaired) electrons. The molecule has 0 aromatic carbocycles. The number of hydrogen-bond acceptors (Lipinski definition) is 7. The van der Waals surface area contributed by atoms with Crippen LogP contribution in [0.5, 0.6) is 0 Å². The summed E-state index contributed by atoms with van der Waals surface area (Å²) in [5, 5.41) is 2.51. The largest absolute Gasteiger partial charge is 0.462 e. The number of carbonyl (C=O) groups is 4. The number of primary amides is 1. The lowest BCUT2D eigenvalue weighted by molar-refractivity contribution is -0.128. The molecule has 1 aromatic heterocycles. The van der Waals surface area contributed by atoms with Crippen molar-refractivity contribution in [2.24, 2.45) is 11.7 Å². The number of esters is 1. The van der Waals surface area contributed by atoms with Crippen LogP contribution in [0.2, 0.25) is 0 Å². The van der Waals surface area contributed by atoms with Gasteiger partial charge in [0.1, 0.15) is 16.9 Å². The number of carbonyl (C=O) groups excluding carboxylic acids is 4. The Kier molecular flexibility index (Phi) is 7.38. The molecule has 29 heavy (non-hydrogen) atoms. The highest BCUT2D eigenvalue weighted by molar-refractivity contribution is 6.11. The number of nitrogens with zero attached hydrogens (tertiary/aromatic N) is 2. The molecule has 2 rings (SSSR count). The summed E-state index contributed by atoms with van der Waals surface area (Å²) in [4.78, 5) is 52.5. The molecule has 2 heterocycles. The van der Waals surface area contributed by atoms with Crippen molar-refractivity contribution in [3.8, 4) is 0 Å². The van der Waals surface area contributed by atoms with Crippen LogP contribution in [0.4, 0.5) is 5.88 Å². The van der Waals surface area contributed by atoms with Crippen molar-refractivity contribution in [1.29, 1.82) is 0 Å². The van der Waals surface area contributed by atoms with E-state index in [4.69, 9.17) is 14.9 Å². The van der Waals surface area contributed by atoms with Crippen molar-refractivity contribution >= 4 is 29.6 Å². The first-order valence-electron chi connectivity index (χ1n) is 9.49. The molecular formula is C19H28N4O6. The van der Waals surface area contributed by atoms with Gasteiger partial charge in [0.05, 0.1) is 12.5 Å². The molecule has 1 aliphatic rings. The lowest BCUT2D eigenvalue weighted by Crippen LogP contribution is -2.31. The number of rotatable bonds is 9. The van der Waals surface area contributed by atoms with Crippen molar-refractivity contribution < 1.29 is 28.3 Å². The van der Waals surface area contributed by atoms with Gasteiger partial charge in [-0.1, -0.05) is 0 Å². The highest BCUT2D eigenvalue weighted by Crippen LogP contribution is 2.29. The van der Waals surface area contributed by atoms with Crippen LogP contribution < -0.4 is 11.1 Å². The average molecular weight is 408 g/mol. The monoisotopic (exact) mass is 408 g/mol. The first kappa shape index (κ1) is 22.4. The zero-order chi connectivity index (χ0) is 21.7. The van der Waals surface area contributed by atoms with E-state index in [1.54, 1.807) is 11.8 Å². The van der Waals surface area contributed by atoms with Crippen LogP contribution in [0.1, 0.15) is 46.2 Å². The van der Waals surface area contributed by atoms with E-state index in [1.165, 1.54) is 6.92 Å². The number of amides is 3. The molecule has 3 amide bonds. The van der Waals surface area contributed by atoms with Crippen molar-refractivity contribution in [3.63, 3.8) is 0 Å². The Labute approximate surface area is 169 Å². The van der Waals surface area contributed by atoms with Crippen molar-refractivity contribution in [2.75, 3.05) is 45.7 Å². The minimum atomic E-state index is -0.923. The summed E-state index contributed by atoms with van der Waals surface area (Å²) in [5.41, 5.74) is 5.05. The summed E-state index contributed by atoms with van der Waals surface area (Å²) in [6.45, 7) is 4.90. The topological polar surface area (TPSA) is 135 Å². The molecule has 1 fully saturated rings. The third-order valence-electron chi connectivity index (χ3n) is 4.67. The summed E-state index contributed by atoms with van der Waals surface area (Å²) in [5.74, 6) is -2.93. The number of ether oxygens (including phenoxy) is 1. The second-order valence-electron chi connectivity index (χ2n) is 7.21. The molecule has 10 nitrogen and oxygen atoms in total. The number of nitrogens with one attached hydrogen (secondary N) is 1. The van der Waals surface area contributed by atoms with E-state index >= 15 is 0 Å². The molecule has 0 bridgehead atoms. The Hall–Kier alpha value is -2.88. The molecule has 1 atom stereocenters. The van der Waals surface area contributed by atoms with Gasteiger partial charge < -0.3 is 24.7 Å². The zero-order valence-electron chi connectivity index (χ0n) is 17.2. The fraction of sp³-hybridized carbons (Fsp3) is 0.579. The molecule has 160 valence electrons. The maximum absolute atomic E-state index is 12.7.